The minimum Gasteiger partial charge on any atom is -0.497 e. The summed E-state index contributed by atoms with van der Waals surface area (Å²) in [5.74, 6) is 0.143. The molecule has 0 unspecified atom stereocenters. The van der Waals surface area contributed by atoms with Gasteiger partial charge in [-0.1, -0.05) is 24.3 Å². The first-order valence-electron chi connectivity index (χ1n) is 9.30. The number of ether oxygens (including phenoxy) is 2. The summed E-state index contributed by atoms with van der Waals surface area (Å²) in [5.41, 5.74) is 2.82. The van der Waals surface area contributed by atoms with Crippen LogP contribution in [0.2, 0.25) is 0 Å². The molecule has 1 heterocycles. The van der Waals surface area contributed by atoms with Crippen LogP contribution in [0, 0.1) is 0 Å². The summed E-state index contributed by atoms with van der Waals surface area (Å²) in [7, 11) is 1.53. The molecule has 3 aromatic carbocycles. The van der Waals surface area contributed by atoms with E-state index in [-0.39, 0.29) is 11.4 Å². The highest BCUT2D eigenvalue weighted by Crippen LogP contribution is 2.34. The molecule has 0 radical (unpaired) electrons. The van der Waals surface area contributed by atoms with Crippen LogP contribution in [0.5, 0.6) is 11.5 Å². The lowest BCUT2D eigenvalue weighted by atomic mass is 10.0. The zero-order chi connectivity index (χ0) is 21.8. The molecule has 1 N–H and O–H groups in total. The number of carbonyl (C=O) groups is 1. The number of nitrogens with zero attached hydrogens (tertiary/aromatic N) is 2. The van der Waals surface area contributed by atoms with Crippen molar-refractivity contribution in [1.29, 1.82) is 0 Å². The van der Waals surface area contributed by atoms with Gasteiger partial charge < -0.3 is 14.8 Å². The van der Waals surface area contributed by atoms with E-state index in [0.717, 1.165) is 0 Å². The van der Waals surface area contributed by atoms with Crippen LogP contribution in [0.4, 0.5) is 14.5 Å². The van der Waals surface area contributed by atoms with Gasteiger partial charge in [0, 0.05) is 11.3 Å². The molecular formula is C23H17F2N3O3. The first-order chi connectivity index (χ1) is 15.0. The Morgan fingerprint density at radius 3 is 2.45 bits per heavy atom. The maximum Gasteiger partial charge on any atom is 0.387 e. The molecule has 0 aliphatic carbocycles. The third-order valence-corrected chi connectivity index (χ3v) is 4.54. The predicted octanol–water partition coefficient (Wildman–Crippen LogP) is 5.16. The van der Waals surface area contributed by atoms with Crippen molar-refractivity contribution in [2.45, 2.75) is 6.61 Å². The molecule has 31 heavy (non-hydrogen) atoms. The molecule has 1 amide bonds. The molecule has 1 aromatic heterocycles. The lowest BCUT2D eigenvalue weighted by Crippen LogP contribution is -2.14. The Hall–Kier alpha value is -4.07. The van der Waals surface area contributed by atoms with E-state index < -0.39 is 12.5 Å². The number of para-hydroxylation sites is 2. The maximum atomic E-state index is 12.9. The van der Waals surface area contributed by atoms with Gasteiger partial charge in [-0.3, -0.25) is 9.78 Å². The normalized spacial score (nSPS) is 10.8. The van der Waals surface area contributed by atoms with Crippen LogP contribution in [-0.4, -0.2) is 29.6 Å². The van der Waals surface area contributed by atoms with Crippen molar-refractivity contribution in [2.75, 3.05) is 12.4 Å². The standard InChI is InChI=1S/C23H17F2N3O3/c1-30-16-9-6-14(7-10-16)17-12-15(8-11-21(17)31-23(24)25)27-22(29)20-13-26-18-4-2-3-5-19(18)28-20/h2-13,23H,1H3,(H,27,29). The van der Waals surface area contributed by atoms with Crippen molar-refractivity contribution >= 4 is 22.6 Å². The Labute approximate surface area is 176 Å². The van der Waals surface area contributed by atoms with E-state index >= 15 is 0 Å². The quantitative estimate of drug-likeness (QED) is 0.466. The van der Waals surface area contributed by atoms with Crippen molar-refractivity contribution in [3.05, 3.63) is 78.6 Å². The van der Waals surface area contributed by atoms with Gasteiger partial charge in [0.2, 0.25) is 0 Å². The number of carbonyl (C=O) groups excluding carboxylic acids is 1. The van der Waals surface area contributed by atoms with Crippen LogP contribution < -0.4 is 14.8 Å². The van der Waals surface area contributed by atoms with Crippen LogP contribution >= 0.6 is 0 Å². The Morgan fingerprint density at radius 2 is 1.74 bits per heavy atom. The van der Waals surface area contributed by atoms with E-state index in [1.807, 2.05) is 12.1 Å². The molecule has 8 heteroatoms. The number of fused-ring (bicyclic) bond motifs is 1. The second kappa shape index (κ2) is 8.74. The minimum atomic E-state index is -2.98. The van der Waals surface area contributed by atoms with E-state index in [1.54, 1.807) is 42.5 Å². The molecule has 0 saturated carbocycles. The van der Waals surface area contributed by atoms with Gasteiger partial charge in [0.15, 0.2) is 0 Å². The van der Waals surface area contributed by atoms with Crippen molar-refractivity contribution in [3.8, 4) is 22.6 Å². The van der Waals surface area contributed by atoms with Gasteiger partial charge in [-0.05, 0) is 48.0 Å². The summed E-state index contributed by atoms with van der Waals surface area (Å²) >= 11 is 0. The number of nitrogens with one attached hydrogen (secondary N) is 1. The van der Waals surface area contributed by atoms with Crippen LogP contribution in [0.3, 0.4) is 0 Å². The van der Waals surface area contributed by atoms with Crippen LogP contribution in [-0.2, 0) is 0 Å². The van der Waals surface area contributed by atoms with Crippen molar-refractivity contribution < 1.29 is 23.0 Å². The second-order valence-corrected chi connectivity index (χ2v) is 6.52. The molecule has 0 saturated heterocycles. The lowest BCUT2D eigenvalue weighted by molar-refractivity contribution is -0.0494. The zero-order valence-electron chi connectivity index (χ0n) is 16.4. The number of halogens is 2. The van der Waals surface area contributed by atoms with Gasteiger partial charge in [-0.2, -0.15) is 8.78 Å². The number of alkyl halides is 2. The number of aromatic nitrogens is 2. The Balaban J connectivity index is 1.64. The number of rotatable bonds is 6. The Bertz CT molecular complexity index is 1230. The van der Waals surface area contributed by atoms with Gasteiger partial charge >= 0.3 is 6.61 Å². The molecule has 0 fully saturated rings. The van der Waals surface area contributed by atoms with E-state index in [2.05, 4.69) is 20.0 Å². The molecule has 156 valence electrons. The average molecular weight is 421 g/mol. The fourth-order valence-electron chi connectivity index (χ4n) is 3.06. The van der Waals surface area contributed by atoms with Crippen LogP contribution in [0.15, 0.2) is 72.9 Å². The fraction of sp³-hybridized carbons (Fsp3) is 0.0870. The maximum absolute atomic E-state index is 12.9. The summed E-state index contributed by atoms with van der Waals surface area (Å²) < 4.78 is 35.5. The predicted molar refractivity (Wildman–Crippen MR) is 113 cm³/mol. The van der Waals surface area contributed by atoms with Gasteiger partial charge in [-0.25, -0.2) is 4.98 Å². The number of benzene rings is 3. The molecule has 0 aliphatic rings. The monoisotopic (exact) mass is 421 g/mol. The van der Waals surface area contributed by atoms with Gasteiger partial charge in [0.05, 0.1) is 24.3 Å². The first-order valence-corrected chi connectivity index (χ1v) is 9.30. The average Bonchev–Trinajstić information content (AvgIpc) is 2.79. The zero-order valence-corrected chi connectivity index (χ0v) is 16.4. The first kappa shape index (κ1) is 20.2. The van der Waals surface area contributed by atoms with E-state index in [9.17, 15) is 13.6 Å². The van der Waals surface area contributed by atoms with E-state index in [4.69, 9.17) is 4.74 Å². The Kier molecular flexibility index (Phi) is 5.70. The van der Waals surface area contributed by atoms with E-state index in [1.165, 1.54) is 25.4 Å². The largest absolute Gasteiger partial charge is 0.497 e. The SMILES string of the molecule is COc1ccc(-c2cc(NC(=O)c3cnc4ccccc4n3)ccc2OC(F)F)cc1. The highest BCUT2D eigenvalue weighted by Gasteiger charge is 2.15. The number of amides is 1. The summed E-state index contributed by atoms with van der Waals surface area (Å²) in [5, 5.41) is 2.73. The molecule has 4 rings (SSSR count). The molecule has 0 spiro atoms. The molecule has 4 aromatic rings. The second-order valence-electron chi connectivity index (χ2n) is 6.52. The highest BCUT2D eigenvalue weighted by atomic mass is 19.3. The van der Waals surface area contributed by atoms with Crippen molar-refractivity contribution in [3.63, 3.8) is 0 Å². The van der Waals surface area contributed by atoms with E-state index in [0.29, 0.717) is 33.6 Å². The molecule has 0 bridgehead atoms. The van der Waals surface area contributed by atoms with Crippen LogP contribution in [0.25, 0.3) is 22.2 Å². The third-order valence-electron chi connectivity index (χ3n) is 4.54. The van der Waals surface area contributed by atoms with Crippen molar-refractivity contribution in [2.24, 2.45) is 0 Å². The van der Waals surface area contributed by atoms with Crippen molar-refractivity contribution in [1.82, 2.24) is 9.97 Å². The highest BCUT2D eigenvalue weighted by molar-refractivity contribution is 6.04. The minimum absolute atomic E-state index is 0.0105. The lowest BCUT2D eigenvalue weighted by Gasteiger charge is -2.14. The summed E-state index contributed by atoms with van der Waals surface area (Å²) in [4.78, 5) is 21.2. The van der Waals surface area contributed by atoms with Gasteiger partial charge in [0.1, 0.15) is 17.2 Å². The fourth-order valence-corrected chi connectivity index (χ4v) is 3.06. The van der Waals surface area contributed by atoms with Crippen LogP contribution in [0.1, 0.15) is 10.5 Å². The molecule has 0 aliphatic heterocycles. The van der Waals surface area contributed by atoms with Gasteiger partial charge in [-0.15, -0.1) is 0 Å². The smallest absolute Gasteiger partial charge is 0.387 e. The number of methoxy groups -OCH3 is 1. The summed E-state index contributed by atoms with van der Waals surface area (Å²) in [6.45, 7) is -2.98. The summed E-state index contributed by atoms with van der Waals surface area (Å²) in [6, 6.07) is 18.5. The number of hydrogen-bond acceptors (Lipinski definition) is 5. The topological polar surface area (TPSA) is 73.3 Å². The number of hydrogen-bond donors (Lipinski definition) is 1. The third kappa shape index (κ3) is 4.58. The Morgan fingerprint density at radius 1 is 1.00 bits per heavy atom. The molecule has 0 atom stereocenters. The van der Waals surface area contributed by atoms with Gasteiger partial charge in [0.25, 0.3) is 5.91 Å². The summed E-state index contributed by atoms with van der Waals surface area (Å²) in [6.07, 6.45) is 1.39. The number of anilines is 1. The molecular weight excluding hydrogens is 404 g/mol. The molecule has 6 nitrogen and oxygen atoms in total.